The summed E-state index contributed by atoms with van der Waals surface area (Å²) in [5.74, 6) is 1.41. The van der Waals surface area contributed by atoms with Crippen LogP contribution in [-0.2, 0) is 11.2 Å². The standard InChI is InChI=1S/C31H36N4O3S/c1-19-20(2)28-24(21(3)27(19)36)13-14-31(4,38-28)30(37)35-17-15-34(16-18-35)23-11-9-22(10-12-23)33-29(32)25-7-5-6-8-26(25)39/h5-7,9-12,36H,8,13-18H2,1-4H3,(H2,32,33)/t31-/m0/s1. The molecule has 8 heteroatoms. The first-order valence-electron chi connectivity index (χ1n) is 13.5. The number of carbonyl (C=O) groups excluding carboxylic acids is 1. The van der Waals surface area contributed by atoms with Crippen molar-refractivity contribution < 1.29 is 14.6 Å². The van der Waals surface area contributed by atoms with Crippen LogP contribution < -0.4 is 15.0 Å². The number of piperazine rings is 1. The van der Waals surface area contributed by atoms with E-state index in [1.54, 1.807) is 0 Å². The number of hydrogen-bond acceptors (Lipinski definition) is 6. The predicted molar refractivity (Wildman–Crippen MR) is 161 cm³/mol. The molecular formula is C31H36N4O3S. The molecule has 3 N–H and O–H groups in total. The van der Waals surface area contributed by atoms with Gasteiger partial charge in [-0.3, -0.25) is 10.2 Å². The minimum Gasteiger partial charge on any atom is -0.507 e. The average molecular weight is 545 g/mol. The summed E-state index contributed by atoms with van der Waals surface area (Å²) in [7, 11) is 0. The van der Waals surface area contributed by atoms with Crippen LogP contribution in [0.5, 0.6) is 11.5 Å². The molecule has 39 heavy (non-hydrogen) atoms. The van der Waals surface area contributed by atoms with Gasteiger partial charge in [0.15, 0.2) is 5.60 Å². The smallest absolute Gasteiger partial charge is 0.266 e. The Hall–Kier alpha value is -3.65. The molecule has 2 heterocycles. The number of amides is 1. The van der Waals surface area contributed by atoms with Crippen LogP contribution in [0.3, 0.4) is 0 Å². The molecule has 1 amide bonds. The van der Waals surface area contributed by atoms with Gasteiger partial charge >= 0.3 is 0 Å². The molecule has 1 fully saturated rings. The quantitative estimate of drug-likeness (QED) is 0.272. The third kappa shape index (κ3) is 5.05. The highest BCUT2D eigenvalue weighted by molar-refractivity contribution is 7.81. The highest BCUT2D eigenvalue weighted by Crippen LogP contribution is 2.43. The molecule has 2 aromatic rings. The normalized spacial score (nSPS) is 20.7. The zero-order valence-electron chi connectivity index (χ0n) is 23.1. The second kappa shape index (κ2) is 10.5. The molecule has 7 nitrogen and oxygen atoms in total. The summed E-state index contributed by atoms with van der Waals surface area (Å²) in [4.78, 5) is 18.6. The fraction of sp³-hybridized carbons (Fsp3) is 0.387. The van der Waals surface area contributed by atoms with Crippen LogP contribution in [-0.4, -0.2) is 58.4 Å². The summed E-state index contributed by atoms with van der Waals surface area (Å²) < 4.78 is 6.43. The second-order valence-electron chi connectivity index (χ2n) is 10.8. The maximum absolute atomic E-state index is 13.7. The molecule has 0 spiro atoms. The molecule has 204 valence electrons. The number of rotatable bonds is 4. The largest absolute Gasteiger partial charge is 0.507 e. The molecule has 1 aliphatic carbocycles. The fourth-order valence-corrected chi connectivity index (χ4v) is 5.90. The van der Waals surface area contributed by atoms with E-state index in [2.05, 4.69) is 10.2 Å². The van der Waals surface area contributed by atoms with Crippen molar-refractivity contribution in [2.75, 3.05) is 36.4 Å². The second-order valence-corrected chi connectivity index (χ2v) is 11.3. The number of thiocarbonyl (C=S) groups is 1. The van der Waals surface area contributed by atoms with Crippen LogP contribution in [0.15, 0.2) is 48.1 Å². The lowest BCUT2D eigenvalue weighted by molar-refractivity contribution is -0.148. The summed E-state index contributed by atoms with van der Waals surface area (Å²) in [5.41, 5.74) is 5.34. The van der Waals surface area contributed by atoms with Crippen molar-refractivity contribution in [1.29, 1.82) is 5.41 Å². The molecule has 0 aromatic heterocycles. The molecule has 1 atom stereocenters. The van der Waals surface area contributed by atoms with Gasteiger partial charge in [0.1, 0.15) is 17.3 Å². The Morgan fingerprint density at radius 1 is 1.08 bits per heavy atom. The van der Waals surface area contributed by atoms with Gasteiger partial charge in [-0.1, -0.05) is 30.4 Å². The van der Waals surface area contributed by atoms with Gasteiger partial charge < -0.3 is 25.0 Å². The van der Waals surface area contributed by atoms with E-state index >= 15 is 0 Å². The molecule has 5 rings (SSSR count). The lowest BCUT2D eigenvalue weighted by Gasteiger charge is -2.42. The molecule has 3 aliphatic rings. The minimum atomic E-state index is -0.917. The van der Waals surface area contributed by atoms with Crippen molar-refractivity contribution in [2.24, 2.45) is 0 Å². The van der Waals surface area contributed by atoms with Gasteiger partial charge in [-0.2, -0.15) is 0 Å². The van der Waals surface area contributed by atoms with E-state index in [0.29, 0.717) is 43.9 Å². The number of benzene rings is 2. The Kier molecular flexibility index (Phi) is 7.25. The number of phenols is 1. The molecule has 2 aromatic carbocycles. The molecular weight excluding hydrogens is 508 g/mol. The third-order valence-electron chi connectivity index (χ3n) is 8.31. The van der Waals surface area contributed by atoms with Crippen molar-refractivity contribution >= 4 is 40.2 Å². The Morgan fingerprint density at radius 3 is 2.44 bits per heavy atom. The SMILES string of the molecule is Cc1c(C)c2c(c(C)c1O)CC[C@@](C)(C(=O)N1CCN(c3ccc(NC(=N)C4=CC=CCC4=S)cc3)CC1)O2. The number of allylic oxidation sites excluding steroid dienone is 3. The number of fused-ring (bicyclic) bond motifs is 1. The van der Waals surface area contributed by atoms with E-state index in [1.807, 2.05) is 75.1 Å². The van der Waals surface area contributed by atoms with E-state index in [1.165, 1.54) is 0 Å². The molecule has 0 radical (unpaired) electrons. The van der Waals surface area contributed by atoms with Crippen LogP contribution in [0, 0.1) is 26.2 Å². The number of carbonyl (C=O) groups is 1. The Morgan fingerprint density at radius 2 is 1.77 bits per heavy atom. The molecule has 0 unspecified atom stereocenters. The highest BCUT2D eigenvalue weighted by atomic mass is 32.1. The van der Waals surface area contributed by atoms with Gasteiger partial charge in [0.05, 0.1) is 0 Å². The monoisotopic (exact) mass is 544 g/mol. The fourth-order valence-electron chi connectivity index (χ4n) is 5.63. The van der Waals surface area contributed by atoms with Gasteiger partial charge in [0.25, 0.3) is 5.91 Å². The van der Waals surface area contributed by atoms with Crippen LogP contribution in [0.2, 0.25) is 0 Å². The number of hydrogen-bond donors (Lipinski definition) is 3. The van der Waals surface area contributed by atoms with E-state index in [-0.39, 0.29) is 5.91 Å². The summed E-state index contributed by atoms with van der Waals surface area (Å²) in [6.45, 7) is 10.4. The number of aromatic hydroxyl groups is 1. The van der Waals surface area contributed by atoms with Crippen LogP contribution in [0.4, 0.5) is 11.4 Å². The number of nitrogens with one attached hydrogen (secondary N) is 2. The maximum atomic E-state index is 13.7. The number of amidine groups is 1. The number of phenolic OH excluding ortho intramolecular Hbond substituents is 1. The zero-order chi connectivity index (χ0) is 27.9. The van der Waals surface area contributed by atoms with E-state index in [9.17, 15) is 9.90 Å². The third-order valence-corrected chi connectivity index (χ3v) is 8.70. The van der Waals surface area contributed by atoms with Gasteiger partial charge in [0.2, 0.25) is 0 Å². The van der Waals surface area contributed by atoms with Crippen molar-refractivity contribution in [2.45, 2.75) is 52.6 Å². The van der Waals surface area contributed by atoms with E-state index in [0.717, 1.165) is 62.9 Å². The summed E-state index contributed by atoms with van der Waals surface area (Å²) in [5, 5.41) is 22.0. The van der Waals surface area contributed by atoms with Crippen molar-refractivity contribution in [3.05, 3.63) is 70.3 Å². The Labute approximate surface area is 235 Å². The summed E-state index contributed by atoms with van der Waals surface area (Å²) in [6, 6.07) is 8.04. The summed E-state index contributed by atoms with van der Waals surface area (Å²) in [6.07, 6.45) is 7.79. The van der Waals surface area contributed by atoms with Gasteiger partial charge in [-0.15, -0.1) is 0 Å². The van der Waals surface area contributed by atoms with Crippen LogP contribution in [0.25, 0.3) is 0 Å². The summed E-state index contributed by atoms with van der Waals surface area (Å²) >= 11 is 5.39. The molecule has 1 saturated heterocycles. The lowest BCUT2D eigenvalue weighted by atomic mass is 9.86. The molecule has 2 aliphatic heterocycles. The number of nitrogens with zero attached hydrogens (tertiary/aromatic N) is 2. The van der Waals surface area contributed by atoms with Crippen LogP contribution in [0.1, 0.15) is 42.0 Å². The zero-order valence-corrected chi connectivity index (χ0v) is 23.9. The molecule has 0 saturated carbocycles. The first kappa shape index (κ1) is 26.9. The Bertz CT molecular complexity index is 1400. The predicted octanol–water partition coefficient (Wildman–Crippen LogP) is 5.40. The van der Waals surface area contributed by atoms with Crippen molar-refractivity contribution in [1.82, 2.24) is 4.90 Å². The van der Waals surface area contributed by atoms with Gasteiger partial charge in [0, 0.05) is 66.4 Å². The number of ether oxygens (including phenoxy) is 1. The van der Waals surface area contributed by atoms with Gasteiger partial charge in [-0.05, 0) is 75.1 Å². The first-order chi connectivity index (χ1) is 18.6. The van der Waals surface area contributed by atoms with Crippen molar-refractivity contribution in [3.8, 4) is 11.5 Å². The first-order valence-corrected chi connectivity index (χ1v) is 13.9. The Balaban J connectivity index is 1.20. The highest BCUT2D eigenvalue weighted by Gasteiger charge is 2.43. The van der Waals surface area contributed by atoms with Crippen LogP contribution >= 0.6 is 12.2 Å². The average Bonchev–Trinajstić information content (AvgIpc) is 2.95. The van der Waals surface area contributed by atoms with Crippen molar-refractivity contribution in [3.63, 3.8) is 0 Å². The molecule has 0 bridgehead atoms. The van der Waals surface area contributed by atoms with Gasteiger partial charge in [-0.25, -0.2) is 0 Å². The topological polar surface area (TPSA) is 88.9 Å². The van der Waals surface area contributed by atoms with E-state index in [4.69, 9.17) is 22.4 Å². The lowest BCUT2D eigenvalue weighted by Crippen LogP contribution is -2.57. The minimum absolute atomic E-state index is 0.0263. The maximum Gasteiger partial charge on any atom is 0.266 e. The number of anilines is 2. The van der Waals surface area contributed by atoms with E-state index < -0.39 is 5.60 Å².